The maximum atomic E-state index is 5.53. The lowest BCUT2D eigenvalue weighted by atomic mass is 10.3. The van der Waals surface area contributed by atoms with Gasteiger partial charge < -0.3 is 10.1 Å². The number of ether oxygens (including phenoxy) is 1. The average molecular weight is 280 g/mol. The zero-order valence-electron chi connectivity index (χ0n) is 11.0. The van der Waals surface area contributed by atoms with E-state index >= 15 is 0 Å². The molecule has 0 radical (unpaired) electrons. The molecule has 0 saturated heterocycles. The monoisotopic (exact) mass is 279 g/mol. The summed E-state index contributed by atoms with van der Waals surface area (Å²) in [6.07, 6.45) is 0.921. The van der Waals surface area contributed by atoms with Crippen LogP contribution in [0, 0.1) is 6.92 Å². The number of halogens is 1. The summed E-state index contributed by atoms with van der Waals surface area (Å²) < 4.78 is 5.31. The third-order valence-electron chi connectivity index (χ3n) is 2.72. The maximum absolute atomic E-state index is 5.53. The molecule has 0 amide bonds. The highest BCUT2D eigenvalue weighted by molar-refractivity contribution is 6.17. The van der Waals surface area contributed by atoms with Gasteiger partial charge in [-0.2, -0.15) is 0 Å². The van der Waals surface area contributed by atoms with Crippen LogP contribution in [0.25, 0.3) is 11.0 Å². The van der Waals surface area contributed by atoms with Crippen LogP contribution in [0.3, 0.4) is 0 Å². The summed E-state index contributed by atoms with van der Waals surface area (Å²) in [6, 6.07) is 7.88. The summed E-state index contributed by atoms with van der Waals surface area (Å²) in [5.74, 6) is 1.39. The van der Waals surface area contributed by atoms with Gasteiger partial charge in [-0.05, 0) is 25.5 Å². The van der Waals surface area contributed by atoms with E-state index in [-0.39, 0.29) is 0 Å². The lowest BCUT2D eigenvalue weighted by Gasteiger charge is -2.09. The smallest absolute Gasteiger partial charge is 0.148 e. The Morgan fingerprint density at radius 3 is 2.63 bits per heavy atom. The Morgan fingerprint density at radius 2 is 1.89 bits per heavy atom. The van der Waals surface area contributed by atoms with Gasteiger partial charge in [0.15, 0.2) is 0 Å². The standard InChI is InChI=1S/C14H18ClN3O/c1-11-14(16-8-4-9-19-10-7-15)18-13-6-3-2-5-12(13)17-11/h2-3,5-6H,4,7-10H2,1H3,(H,16,18). The first-order valence-corrected chi connectivity index (χ1v) is 6.95. The second-order valence-corrected chi connectivity index (χ2v) is 4.61. The van der Waals surface area contributed by atoms with Crippen molar-refractivity contribution in [3.8, 4) is 0 Å². The van der Waals surface area contributed by atoms with Gasteiger partial charge in [-0.25, -0.2) is 9.97 Å². The number of para-hydroxylation sites is 2. The van der Waals surface area contributed by atoms with Crippen LogP contribution < -0.4 is 5.32 Å². The van der Waals surface area contributed by atoms with Crippen LogP contribution in [0.4, 0.5) is 5.82 Å². The molecule has 1 aromatic heterocycles. The molecule has 0 bridgehead atoms. The lowest BCUT2D eigenvalue weighted by Crippen LogP contribution is -2.09. The van der Waals surface area contributed by atoms with Crippen LogP contribution in [-0.4, -0.2) is 35.6 Å². The van der Waals surface area contributed by atoms with Gasteiger partial charge in [0.2, 0.25) is 0 Å². The van der Waals surface area contributed by atoms with E-state index in [4.69, 9.17) is 16.3 Å². The number of benzene rings is 1. The van der Waals surface area contributed by atoms with E-state index in [0.717, 1.165) is 35.5 Å². The predicted octanol–water partition coefficient (Wildman–Crippen LogP) is 3.00. The zero-order valence-corrected chi connectivity index (χ0v) is 11.8. The number of rotatable bonds is 7. The number of nitrogens with zero attached hydrogens (tertiary/aromatic N) is 2. The van der Waals surface area contributed by atoms with Gasteiger partial charge >= 0.3 is 0 Å². The van der Waals surface area contributed by atoms with E-state index in [1.807, 2.05) is 31.2 Å². The number of aromatic nitrogens is 2. The summed E-state index contributed by atoms with van der Waals surface area (Å²) in [7, 11) is 0. The number of hydrogen-bond acceptors (Lipinski definition) is 4. The van der Waals surface area contributed by atoms with Crippen LogP contribution >= 0.6 is 11.6 Å². The molecule has 0 aliphatic rings. The molecule has 0 saturated carbocycles. The number of fused-ring (bicyclic) bond motifs is 1. The van der Waals surface area contributed by atoms with E-state index in [9.17, 15) is 0 Å². The van der Waals surface area contributed by atoms with Crippen molar-refractivity contribution in [1.82, 2.24) is 9.97 Å². The van der Waals surface area contributed by atoms with Crippen molar-refractivity contribution in [2.45, 2.75) is 13.3 Å². The first-order valence-electron chi connectivity index (χ1n) is 6.42. The molecule has 0 atom stereocenters. The Bertz CT molecular complexity index is 533. The Kier molecular flexibility index (Phi) is 5.36. The van der Waals surface area contributed by atoms with Crippen molar-refractivity contribution in [2.75, 3.05) is 31.0 Å². The largest absolute Gasteiger partial charge is 0.380 e. The summed E-state index contributed by atoms with van der Waals surface area (Å²) in [4.78, 5) is 9.10. The third kappa shape index (κ3) is 4.04. The van der Waals surface area contributed by atoms with Crippen LogP contribution in [-0.2, 0) is 4.74 Å². The van der Waals surface area contributed by atoms with Gasteiger partial charge in [0, 0.05) is 19.0 Å². The molecule has 1 N–H and O–H groups in total. The molecule has 2 rings (SSSR count). The van der Waals surface area contributed by atoms with Gasteiger partial charge in [0.25, 0.3) is 0 Å². The van der Waals surface area contributed by atoms with E-state index in [2.05, 4.69) is 15.3 Å². The molecule has 19 heavy (non-hydrogen) atoms. The Balaban J connectivity index is 1.91. The first kappa shape index (κ1) is 14.0. The molecule has 0 aliphatic carbocycles. The van der Waals surface area contributed by atoms with Crippen LogP contribution in [0.1, 0.15) is 12.1 Å². The Morgan fingerprint density at radius 1 is 1.16 bits per heavy atom. The number of anilines is 1. The molecule has 4 nitrogen and oxygen atoms in total. The summed E-state index contributed by atoms with van der Waals surface area (Å²) in [6.45, 7) is 4.10. The highest BCUT2D eigenvalue weighted by Crippen LogP contribution is 2.15. The fraction of sp³-hybridized carbons (Fsp3) is 0.429. The SMILES string of the molecule is Cc1nc2ccccc2nc1NCCCOCCCl. The minimum atomic E-state index is 0.544. The van der Waals surface area contributed by atoms with Crippen molar-refractivity contribution < 1.29 is 4.74 Å². The first-order chi connectivity index (χ1) is 9.31. The van der Waals surface area contributed by atoms with Crippen LogP contribution in [0.5, 0.6) is 0 Å². The highest BCUT2D eigenvalue weighted by Gasteiger charge is 2.03. The molecule has 0 unspecified atom stereocenters. The maximum Gasteiger partial charge on any atom is 0.148 e. The van der Waals surface area contributed by atoms with Crippen molar-refractivity contribution in [1.29, 1.82) is 0 Å². The summed E-state index contributed by atoms with van der Waals surface area (Å²) in [5.41, 5.74) is 2.75. The van der Waals surface area contributed by atoms with Crippen molar-refractivity contribution in [2.24, 2.45) is 0 Å². The van der Waals surface area contributed by atoms with Crippen molar-refractivity contribution >= 4 is 28.5 Å². The predicted molar refractivity (Wildman–Crippen MR) is 78.9 cm³/mol. The van der Waals surface area contributed by atoms with Crippen LogP contribution in [0.2, 0.25) is 0 Å². The molecule has 0 fully saturated rings. The summed E-state index contributed by atoms with van der Waals surface area (Å²) >= 11 is 5.53. The molecule has 1 heterocycles. The molecule has 102 valence electrons. The molecule has 2 aromatic rings. The second-order valence-electron chi connectivity index (χ2n) is 4.23. The minimum absolute atomic E-state index is 0.544. The molecule has 5 heteroatoms. The van der Waals surface area contributed by atoms with E-state index in [0.29, 0.717) is 19.1 Å². The Labute approximate surface area is 118 Å². The van der Waals surface area contributed by atoms with Gasteiger partial charge in [-0.15, -0.1) is 11.6 Å². The quantitative estimate of drug-likeness (QED) is 0.625. The molecular weight excluding hydrogens is 262 g/mol. The number of alkyl halides is 1. The fourth-order valence-corrected chi connectivity index (χ4v) is 1.90. The van der Waals surface area contributed by atoms with E-state index < -0.39 is 0 Å². The van der Waals surface area contributed by atoms with Crippen LogP contribution in [0.15, 0.2) is 24.3 Å². The second kappa shape index (κ2) is 7.26. The lowest BCUT2D eigenvalue weighted by molar-refractivity contribution is 0.149. The number of hydrogen-bond donors (Lipinski definition) is 1. The zero-order chi connectivity index (χ0) is 13.5. The molecule has 0 aliphatic heterocycles. The highest BCUT2D eigenvalue weighted by atomic mass is 35.5. The Hall–Kier alpha value is -1.39. The average Bonchev–Trinajstić information content (AvgIpc) is 2.43. The minimum Gasteiger partial charge on any atom is -0.380 e. The molecule has 1 aromatic carbocycles. The number of aryl methyl sites for hydroxylation is 1. The molecular formula is C14H18ClN3O. The normalized spacial score (nSPS) is 10.8. The van der Waals surface area contributed by atoms with Crippen molar-refractivity contribution in [3.63, 3.8) is 0 Å². The van der Waals surface area contributed by atoms with Gasteiger partial charge in [-0.1, -0.05) is 12.1 Å². The van der Waals surface area contributed by atoms with Crippen molar-refractivity contribution in [3.05, 3.63) is 30.0 Å². The third-order valence-corrected chi connectivity index (χ3v) is 2.88. The topological polar surface area (TPSA) is 47.0 Å². The van der Waals surface area contributed by atoms with Gasteiger partial charge in [0.05, 0.1) is 23.3 Å². The summed E-state index contributed by atoms with van der Waals surface area (Å²) in [5, 5.41) is 3.30. The fourth-order valence-electron chi connectivity index (χ4n) is 1.79. The van der Waals surface area contributed by atoms with E-state index in [1.54, 1.807) is 0 Å². The van der Waals surface area contributed by atoms with Gasteiger partial charge in [-0.3, -0.25) is 0 Å². The van der Waals surface area contributed by atoms with Gasteiger partial charge in [0.1, 0.15) is 5.82 Å². The molecule has 0 spiro atoms. The number of nitrogens with one attached hydrogen (secondary N) is 1. The van der Waals surface area contributed by atoms with E-state index in [1.165, 1.54) is 0 Å².